The number of rotatable bonds is 1. The SMILES string of the molecule is Nc1cc(Br)c[n+](C2CCOCC2)c1. The number of anilines is 1. The first kappa shape index (κ1) is 9.93. The van der Waals surface area contributed by atoms with Crippen molar-refractivity contribution < 1.29 is 9.30 Å². The quantitative estimate of drug-likeness (QED) is 0.778. The fourth-order valence-electron chi connectivity index (χ4n) is 1.78. The number of halogens is 1. The smallest absolute Gasteiger partial charge is 0.192 e. The summed E-state index contributed by atoms with van der Waals surface area (Å²) in [6.07, 6.45) is 6.20. The zero-order chi connectivity index (χ0) is 9.97. The third-order valence-electron chi connectivity index (χ3n) is 2.49. The first-order valence-corrected chi connectivity index (χ1v) is 5.59. The molecule has 0 amide bonds. The Kier molecular flexibility index (Phi) is 3.03. The zero-order valence-electron chi connectivity index (χ0n) is 7.95. The Morgan fingerprint density at radius 2 is 2.07 bits per heavy atom. The lowest BCUT2D eigenvalue weighted by molar-refractivity contribution is -0.726. The molecule has 0 spiro atoms. The van der Waals surface area contributed by atoms with E-state index < -0.39 is 0 Å². The summed E-state index contributed by atoms with van der Waals surface area (Å²) < 4.78 is 8.54. The molecule has 1 aliphatic heterocycles. The predicted octanol–water partition coefficient (Wildman–Crippen LogP) is 1.67. The van der Waals surface area contributed by atoms with Gasteiger partial charge in [-0.3, -0.25) is 0 Å². The topological polar surface area (TPSA) is 39.1 Å². The number of nitrogens with zero attached hydrogens (tertiary/aromatic N) is 1. The van der Waals surface area contributed by atoms with E-state index in [2.05, 4.69) is 26.7 Å². The maximum atomic E-state index is 5.78. The maximum Gasteiger partial charge on any atom is 0.192 e. The monoisotopic (exact) mass is 257 g/mol. The van der Waals surface area contributed by atoms with E-state index in [1.807, 2.05) is 12.3 Å². The number of hydrogen-bond acceptors (Lipinski definition) is 2. The van der Waals surface area contributed by atoms with Gasteiger partial charge in [0.05, 0.1) is 23.4 Å². The Morgan fingerprint density at radius 1 is 1.36 bits per heavy atom. The van der Waals surface area contributed by atoms with E-state index in [9.17, 15) is 0 Å². The molecule has 1 fully saturated rings. The molecule has 3 nitrogen and oxygen atoms in total. The van der Waals surface area contributed by atoms with E-state index in [4.69, 9.17) is 10.5 Å². The second-order valence-electron chi connectivity index (χ2n) is 3.58. The fourth-order valence-corrected chi connectivity index (χ4v) is 2.28. The van der Waals surface area contributed by atoms with E-state index in [1.165, 1.54) is 0 Å². The van der Waals surface area contributed by atoms with Crippen LogP contribution in [0.4, 0.5) is 5.69 Å². The molecule has 0 aliphatic carbocycles. The minimum absolute atomic E-state index is 0.531. The van der Waals surface area contributed by atoms with Crippen LogP contribution in [-0.4, -0.2) is 13.2 Å². The number of hydrogen-bond donors (Lipinski definition) is 1. The first-order valence-electron chi connectivity index (χ1n) is 4.80. The minimum atomic E-state index is 0.531. The molecule has 0 radical (unpaired) electrons. The maximum absolute atomic E-state index is 5.78. The van der Waals surface area contributed by atoms with Crippen LogP contribution in [-0.2, 0) is 4.74 Å². The molecule has 1 aromatic rings. The highest BCUT2D eigenvalue weighted by Gasteiger charge is 2.22. The number of nitrogens with two attached hydrogens (primary N) is 1. The zero-order valence-corrected chi connectivity index (χ0v) is 9.53. The fraction of sp³-hybridized carbons (Fsp3) is 0.500. The average molecular weight is 258 g/mol. The van der Waals surface area contributed by atoms with E-state index in [0.29, 0.717) is 6.04 Å². The van der Waals surface area contributed by atoms with Crippen LogP contribution in [0.2, 0.25) is 0 Å². The molecule has 1 aromatic heterocycles. The summed E-state index contributed by atoms with van der Waals surface area (Å²) in [5.41, 5.74) is 6.58. The molecule has 1 aliphatic rings. The Balaban J connectivity index is 2.21. The molecule has 76 valence electrons. The molecule has 1 saturated heterocycles. The van der Waals surface area contributed by atoms with Crippen LogP contribution in [0.3, 0.4) is 0 Å². The Hall–Kier alpha value is -0.610. The standard InChI is InChI=1S/C10H14BrN2O/c11-8-5-9(12)7-13(6-8)10-1-3-14-4-2-10/h5-7,10H,1-4,12H2/q+1. The van der Waals surface area contributed by atoms with Crippen molar-refractivity contribution >= 4 is 21.6 Å². The van der Waals surface area contributed by atoms with Crippen LogP contribution < -0.4 is 10.3 Å². The summed E-state index contributed by atoms with van der Waals surface area (Å²) in [6, 6.07) is 2.44. The summed E-state index contributed by atoms with van der Waals surface area (Å²) in [5.74, 6) is 0. The highest BCUT2D eigenvalue weighted by Crippen LogP contribution is 2.17. The van der Waals surface area contributed by atoms with Crippen molar-refractivity contribution in [1.82, 2.24) is 0 Å². The van der Waals surface area contributed by atoms with Gasteiger partial charge in [0, 0.05) is 12.8 Å². The van der Waals surface area contributed by atoms with Gasteiger partial charge in [0.15, 0.2) is 18.4 Å². The van der Waals surface area contributed by atoms with Gasteiger partial charge in [0.1, 0.15) is 0 Å². The molecule has 0 saturated carbocycles. The van der Waals surface area contributed by atoms with Gasteiger partial charge in [0.2, 0.25) is 0 Å². The van der Waals surface area contributed by atoms with Crippen molar-refractivity contribution in [2.45, 2.75) is 18.9 Å². The lowest BCUT2D eigenvalue weighted by Gasteiger charge is -2.18. The second-order valence-corrected chi connectivity index (χ2v) is 4.49. The molecular formula is C10H14BrN2O+. The third-order valence-corrected chi connectivity index (χ3v) is 2.92. The molecule has 14 heavy (non-hydrogen) atoms. The van der Waals surface area contributed by atoms with Gasteiger partial charge in [-0.2, -0.15) is 4.57 Å². The van der Waals surface area contributed by atoms with Gasteiger partial charge in [-0.15, -0.1) is 0 Å². The second kappa shape index (κ2) is 4.28. The molecule has 0 aromatic carbocycles. The van der Waals surface area contributed by atoms with Crippen molar-refractivity contribution in [2.75, 3.05) is 18.9 Å². The lowest BCUT2D eigenvalue weighted by atomic mass is 10.1. The van der Waals surface area contributed by atoms with Crippen molar-refractivity contribution in [3.05, 3.63) is 22.9 Å². The molecule has 0 unspecified atom stereocenters. The Labute approximate surface area is 92.0 Å². The molecule has 0 atom stereocenters. The van der Waals surface area contributed by atoms with Gasteiger partial charge in [0.25, 0.3) is 0 Å². The van der Waals surface area contributed by atoms with Gasteiger partial charge in [-0.1, -0.05) is 0 Å². The van der Waals surface area contributed by atoms with E-state index in [0.717, 1.165) is 36.2 Å². The van der Waals surface area contributed by atoms with Crippen molar-refractivity contribution in [3.8, 4) is 0 Å². The number of nitrogen functional groups attached to an aromatic ring is 1. The highest BCUT2D eigenvalue weighted by atomic mass is 79.9. The van der Waals surface area contributed by atoms with Crippen LogP contribution >= 0.6 is 15.9 Å². The molecule has 0 bridgehead atoms. The largest absolute Gasteiger partial charge is 0.394 e. The lowest BCUT2D eigenvalue weighted by Crippen LogP contribution is -2.42. The molecular weight excluding hydrogens is 244 g/mol. The normalized spacial score (nSPS) is 18.4. The van der Waals surface area contributed by atoms with E-state index >= 15 is 0 Å². The Bertz CT molecular complexity index is 304. The summed E-state index contributed by atoms with van der Waals surface area (Å²) in [7, 11) is 0. The van der Waals surface area contributed by atoms with Gasteiger partial charge < -0.3 is 10.5 Å². The van der Waals surface area contributed by atoms with Crippen LogP contribution in [0.1, 0.15) is 18.9 Å². The summed E-state index contributed by atoms with van der Waals surface area (Å²) in [4.78, 5) is 0. The van der Waals surface area contributed by atoms with Crippen LogP contribution in [0.15, 0.2) is 22.9 Å². The van der Waals surface area contributed by atoms with Crippen LogP contribution in [0.25, 0.3) is 0 Å². The van der Waals surface area contributed by atoms with Gasteiger partial charge >= 0.3 is 0 Å². The van der Waals surface area contributed by atoms with Crippen molar-refractivity contribution in [1.29, 1.82) is 0 Å². The summed E-state index contributed by atoms with van der Waals surface area (Å²) in [5, 5.41) is 0. The molecule has 2 heterocycles. The predicted molar refractivity (Wildman–Crippen MR) is 57.8 cm³/mol. The number of ether oxygens (including phenoxy) is 1. The molecule has 4 heteroatoms. The van der Waals surface area contributed by atoms with Crippen molar-refractivity contribution in [2.24, 2.45) is 0 Å². The third kappa shape index (κ3) is 2.25. The Morgan fingerprint density at radius 3 is 2.71 bits per heavy atom. The average Bonchev–Trinajstić information content (AvgIpc) is 2.18. The van der Waals surface area contributed by atoms with Gasteiger partial charge in [-0.25, -0.2) is 0 Å². The highest BCUT2D eigenvalue weighted by molar-refractivity contribution is 9.10. The van der Waals surface area contributed by atoms with Crippen LogP contribution in [0.5, 0.6) is 0 Å². The number of pyridine rings is 1. The van der Waals surface area contributed by atoms with E-state index in [-0.39, 0.29) is 0 Å². The van der Waals surface area contributed by atoms with Crippen molar-refractivity contribution in [3.63, 3.8) is 0 Å². The summed E-state index contributed by atoms with van der Waals surface area (Å²) in [6.45, 7) is 1.70. The van der Waals surface area contributed by atoms with E-state index in [1.54, 1.807) is 0 Å². The molecule has 2 N–H and O–H groups in total. The van der Waals surface area contributed by atoms with Crippen LogP contribution in [0, 0.1) is 0 Å². The summed E-state index contributed by atoms with van der Waals surface area (Å²) >= 11 is 3.45. The number of aromatic nitrogens is 1. The molecule has 2 rings (SSSR count). The first-order chi connectivity index (χ1) is 6.75. The minimum Gasteiger partial charge on any atom is -0.394 e. The van der Waals surface area contributed by atoms with Gasteiger partial charge in [-0.05, 0) is 22.0 Å².